The topological polar surface area (TPSA) is 37.3 Å². The third-order valence-corrected chi connectivity index (χ3v) is 1.61. The standard InChI is InChI=1S/C6H10O2/c1-4-2-5(7)3-6(4)8/h4-5,7H,2-3H2,1H3. The van der Waals surface area contributed by atoms with Crippen molar-refractivity contribution in [3.05, 3.63) is 0 Å². The molecule has 1 saturated carbocycles. The molecule has 0 heterocycles. The zero-order valence-electron chi connectivity index (χ0n) is 4.92. The molecule has 0 amide bonds. The van der Waals surface area contributed by atoms with Gasteiger partial charge >= 0.3 is 0 Å². The van der Waals surface area contributed by atoms with Gasteiger partial charge in [0.05, 0.1) is 6.10 Å². The quantitative estimate of drug-likeness (QED) is 0.493. The Morgan fingerprint density at radius 2 is 2.38 bits per heavy atom. The molecule has 2 unspecified atom stereocenters. The molecule has 1 rings (SSSR count). The summed E-state index contributed by atoms with van der Waals surface area (Å²) in [4.78, 5) is 10.6. The Bertz CT molecular complexity index is 109. The third kappa shape index (κ3) is 0.892. The highest BCUT2D eigenvalue weighted by molar-refractivity contribution is 5.83. The summed E-state index contributed by atoms with van der Waals surface area (Å²) in [6, 6.07) is 0. The largest absolute Gasteiger partial charge is 0.393 e. The van der Waals surface area contributed by atoms with Crippen LogP contribution in [0.15, 0.2) is 0 Å². The van der Waals surface area contributed by atoms with Crippen LogP contribution in [0.1, 0.15) is 19.8 Å². The molecular formula is C6H10O2. The minimum Gasteiger partial charge on any atom is -0.393 e. The van der Waals surface area contributed by atoms with Crippen LogP contribution >= 0.6 is 0 Å². The van der Waals surface area contributed by atoms with Gasteiger partial charge in [-0.25, -0.2) is 0 Å². The van der Waals surface area contributed by atoms with E-state index in [0.29, 0.717) is 12.8 Å². The molecule has 0 bridgehead atoms. The van der Waals surface area contributed by atoms with Gasteiger partial charge in [-0.15, -0.1) is 0 Å². The third-order valence-electron chi connectivity index (χ3n) is 1.61. The lowest BCUT2D eigenvalue weighted by atomic mass is 10.1. The second-order valence-corrected chi connectivity index (χ2v) is 2.46. The lowest BCUT2D eigenvalue weighted by Crippen LogP contribution is -1.99. The van der Waals surface area contributed by atoms with Gasteiger partial charge in [-0.3, -0.25) is 4.79 Å². The van der Waals surface area contributed by atoms with Gasteiger partial charge in [0.1, 0.15) is 5.78 Å². The minimum atomic E-state index is -0.350. The zero-order valence-corrected chi connectivity index (χ0v) is 4.92. The van der Waals surface area contributed by atoms with Crippen molar-refractivity contribution >= 4 is 5.78 Å². The highest BCUT2D eigenvalue weighted by atomic mass is 16.3. The van der Waals surface area contributed by atoms with E-state index >= 15 is 0 Å². The van der Waals surface area contributed by atoms with Crippen LogP contribution in [0.4, 0.5) is 0 Å². The Balaban J connectivity index is 2.51. The smallest absolute Gasteiger partial charge is 0.138 e. The highest BCUT2D eigenvalue weighted by Gasteiger charge is 2.26. The lowest BCUT2D eigenvalue weighted by molar-refractivity contribution is -0.120. The Kier molecular flexibility index (Phi) is 1.34. The number of carbonyl (C=O) groups excluding carboxylic acids is 1. The molecule has 0 aromatic heterocycles. The van der Waals surface area contributed by atoms with Crippen molar-refractivity contribution in [1.82, 2.24) is 0 Å². The summed E-state index contributed by atoms with van der Waals surface area (Å²) in [5, 5.41) is 8.85. The number of carbonyl (C=O) groups is 1. The summed E-state index contributed by atoms with van der Waals surface area (Å²) in [6.45, 7) is 1.86. The molecule has 1 aliphatic rings. The average Bonchev–Trinajstić information content (AvgIpc) is 1.85. The van der Waals surface area contributed by atoms with Crippen LogP contribution in [0, 0.1) is 5.92 Å². The maximum atomic E-state index is 10.6. The van der Waals surface area contributed by atoms with Crippen LogP contribution in [0.3, 0.4) is 0 Å². The Labute approximate surface area is 48.5 Å². The minimum absolute atomic E-state index is 0.102. The van der Waals surface area contributed by atoms with E-state index in [4.69, 9.17) is 5.11 Å². The summed E-state index contributed by atoms with van der Waals surface area (Å²) < 4.78 is 0. The summed E-state index contributed by atoms with van der Waals surface area (Å²) in [6.07, 6.45) is 0.692. The number of hydrogen-bond donors (Lipinski definition) is 1. The van der Waals surface area contributed by atoms with Crippen LogP contribution in [0.2, 0.25) is 0 Å². The number of Topliss-reactive ketones (excluding diaryl/α,β-unsaturated/α-hetero) is 1. The van der Waals surface area contributed by atoms with Gasteiger partial charge in [-0.1, -0.05) is 6.92 Å². The van der Waals surface area contributed by atoms with Gasteiger partial charge in [0, 0.05) is 12.3 Å². The Morgan fingerprint density at radius 3 is 2.50 bits per heavy atom. The molecule has 46 valence electrons. The van der Waals surface area contributed by atoms with E-state index in [-0.39, 0.29) is 17.8 Å². The van der Waals surface area contributed by atoms with Gasteiger partial charge < -0.3 is 5.11 Å². The van der Waals surface area contributed by atoms with Crippen molar-refractivity contribution in [3.63, 3.8) is 0 Å². The van der Waals surface area contributed by atoms with E-state index in [1.807, 2.05) is 6.92 Å². The van der Waals surface area contributed by atoms with Gasteiger partial charge in [-0.05, 0) is 6.42 Å². The number of rotatable bonds is 0. The molecular weight excluding hydrogens is 104 g/mol. The molecule has 0 aliphatic heterocycles. The van der Waals surface area contributed by atoms with Crippen molar-refractivity contribution in [3.8, 4) is 0 Å². The van der Waals surface area contributed by atoms with E-state index in [0.717, 1.165) is 0 Å². The van der Waals surface area contributed by atoms with Crippen molar-refractivity contribution in [2.24, 2.45) is 5.92 Å². The monoisotopic (exact) mass is 114 g/mol. The Hall–Kier alpha value is -0.370. The van der Waals surface area contributed by atoms with Crippen molar-refractivity contribution in [1.29, 1.82) is 0 Å². The predicted octanol–water partition coefficient (Wildman–Crippen LogP) is 0.346. The summed E-state index contributed by atoms with van der Waals surface area (Å²) >= 11 is 0. The lowest BCUT2D eigenvalue weighted by Gasteiger charge is -1.94. The molecule has 1 N–H and O–H groups in total. The van der Waals surface area contributed by atoms with Crippen molar-refractivity contribution in [2.75, 3.05) is 0 Å². The van der Waals surface area contributed by atoms with Gasteiger partial charge in [0.15, 0.2) is 0 Å². The fraction of sp³-hybridized carbons (Fsp3) is 0.833. The zero-order chi connectivity index (χ0) is 6.15. The maximum absolute atomic E-state index is 10.6. The molecule has 8 heavy (non-hydrogen) atoms. The van der Waals surface area contributed by atoms with E-state index in [2.05, 4.69) is 0 Å². The van der Waals surface area contributed by atoms with Gasteiger partial charge in [0.25, 0.3) is 0 Å². The van der Waals surface area contributed by atoms with Crippen LogP contribution in [0.5, 0.6) is 0 Å². The van der Waals surface area contributed by atoms with E-state index in [1.165, 1.54) is 0 Å². The highest BCUT2D eigenvalue weighted by Crippen LogP contribution is 2.20. The summed E-state index contributed by atoms with van der Waals surface area (Å²) in [7, 11) is 0. The van der Waals surface area contributed by atoms with Crippen molar-refractivity contribution < 1.29 is 9.90 Å². The SMILES string of the molecule is CC1CC(O)CC1=O. The van der Waals surface area contributed by atoms with E-state index < -0.39 is 0 Å². The molecule has 2 nitrogen and oxygen atoms in total. The van der Waals surface area contributed by atoms with Crippen LogP contribution in [0.25, 0.3) is 0 Å². The Morgan fingerprint density at radius 1 is 1.75 bits per heavy atom. The molecule has 2 atom stereocenters. The number of aliphatic hydroxyl groups is 1. The predicted molar refractivity (Wildman–Crippen MR) is 29.4 cm³/mol. The molecule has 0 aromatic carbocycles. The summed E-state index contributed by atoms with van der Waals surface area (Å²) in [5.41, 5.74) is 0. The average molecular weight is 114 g/mol. The van der Waals surface area contributed by atoms with Crippen LogP contribution in [-0.2, 0) is 4.79 Å². The first-order valence-electron chi connectivity index (χ1n) is 2.91. The summed E-state index contributed by atoms with van der Waals surface area (Å²) in [5.74, 6) is 0.308. The second kappa shape index (κ2) is 1.86. The molecule has 0 saturated heterocycles. The molecule has 0 aromatic rings. The molecule has 2 heteroatoms. The van der Waals surface area contributed by atoms with E-state index in [9.17, 15) is 4.79 Å². The molecule has 1 fully saturated rings. The van der Waals surface area contributed by atoms with Crippen molar-refractivity contribution in [2.45, 2.75) is 25.9 Å². The first-order valence-corrected chi connectivity index (χ1v) is 2.91. The molecule has 0 spiro atoms. The number of hydrogen-bond acceptors (Lipinski definition) is 2. The fourth-order valence-corrected chi connectivity index (χ4v) is 1.06. The fourth-order valence-electron chi connectivity index (χ4n) is 1.06. The molecule has 0 radical (unpaired) electrons. The number of ketones is 1. The first kappa shape index (κ1) is 5.76. The first-order chi connectivity index (χ1) is 3.70. The second-order valence-electron chi connectivity index (χ2n) is 2.46. The molecule has 1 aliphatic carbocycles. The van der Waals surface area contributed by atoms with Gasteiger partial charge in [0.2, 0.25) is 0 Å². The van der Waals surface area contributed by atoms with Crippen LogP contribution < -0.4 is 0 Å². The maximum Gasteiger partial charge on any atom is 0.138 e. The van der Waals surface area contributed by atoms with E-state index in [1.54, 1.807) is 0 Å². The van der Waals surface area contributed by atoms with Gasteiger partial charge in [-0.2, -0.15) is 0 Å². The number of aliphatic hydroxyl groups excluding tert-OH is 1. The normalized spacial score (nSPS) is 38.5. The van der Waals surface area contributed by atoms with Crippen LogP contribution in [-0.4, -0.2) is 17.0 Å².